The van der Waals surface area contributed by atoms with E-state index in [1.54, 1.807) is 53.4 Å². The molecule has 2 aliphatic carbocycles. The molecule has 0 unspecified atom stereocenters. The number of nitrogens with zero attached hydrogens (tertiary/aromatic N) is 6. The summed E-state index contributed by atoms with van der Waals surface area (Å²) in [4.78, 5) is 103. The summed E-state index contributed by atoms with van der Waals surface area (Å²) < 4.78 is 6.21. The van der Waals surface area contributed by atoms with Crippen LogP contribution in [0, 0.1) is 23.7 Å². The molecule has 2 atom stereocenters. The van der Waals surface area contributed by atoms with Crippen molar-refractivity contribution < 1.29 is 43.4 Å². The van der Waals surface area contributed by atoms with Crippen LogP contribution in [0.25, 0.3) is 33.9 Å². The standard InChI is InChI=1S/C41H49ClN8O5.C30H36BrClN6O4/c1-25(2)50-19-17-34(18-20-50)44-38(52)32-8-4-7-31(23-32)30-6-3-5-27(21-30)22-35(46-37(51)29-11-9-26(10-12-29)24-43-41(54)55)39(53)45-33-15-13-28(14-16-33)36-47-40(42)49-48-36;1-30(2,3)42-29(41)34-17-18-7-9-21(10-8-18)27(40)38(24(25(33)39)16-19-5-4-6-22(31)15-19)23-13-11-20(12-14-23)26-35-28(32)37-36-26/h3-8,13-16,21,23,25-26,29,34-35,43H,9-12,17-20,22,24H2,1-2H3,(H,44,52)(H,45,53)(H,46,51)(H,54,55)(H,47,48,49);4-6,11-15,18,21,24H,7-10,16-17H2,1-3H3,(H2,33,39)(H,34,41)(H,35,36,37)/t26?,29?,35-;18?,21?,24-/m00/s1. The van der Waals surface area contributed by atoms with Crippen molar-refractivity contribution in [1.29, 1.82) is 0 Å². The fourth-order valence-electron chi connectivity index (χ4n) is 12.6. The minimum absolute atomic E-state index is 0.0925. The first-order chi connectivity index (χ1) is 46.4. The number of primary amides is 1. The number of hydrogen-bond donors (Lipinski definition) is 9. The van der Waals surface area contributed by atoms with E-state index in [0.29, 0.717) is 97.4 Å². The summed E-state index contributed by atoms with van der Waals surface area (Å²) in [6, 6.07) is 35.9. The lowest BCUT2D eigenvalue weighted by molar-refractivity contribution is -0.130. The van der Waals surface area contributed by atoms with Crippen LogP contribution < -0.4 is 37.2 Å². The summed E-state index contributed by atoms with van der Waals surface area (Å²) in [6.07, 6.45) is 6.26. The summed E-state index contributed by atoms with van der Waals surface area (Å²) in [7, 11) is 0. The Bertz CT molecular complexity index is 3840. The molecule has 2 saturated carbocycles. The van der Waals surface area contributed by atoms with E-state index in [1.807, 2.05) is 93.6 Å². The van der Waals surface area contributed by atoms with E-state index in [4.69, 9.17) is 38.8 Å². The van der Waals surface area contributed by atoms with E-state index in [9.17, 15) is 33.6 Å². The first kappa shape index (κ1) is 72.6. The molecule has 5 aromatic carbocycles. The predicted octanol–water partition coefficient (Wildman–Crippen LogP) is 11.8. The van der Waals surface area contributed by atoms with Gasteiger partial charge in [-0.1, -0.05) is 64.5 Å². The third-order valence-electron chi connectivity index (χ3n) is 17.9. The number of carboxylic acid groups (broad SMARTS) is 1. The molecule has 0 radical (unpaired) electrons. The minimum atomic E-state index is -1.05. The molecule has 1 aliphatic heterocycles. The fraction of sp³-hybridized carbons (Fsp3) is 0.423. The Morgan fingerprint density at radius 2 is 1.23 bits per heavy atom. The van der Waals surface area contributed by atoms with Gasteiger partial charge in [-0.25, -0.2) is 19.8 Å². The van der Waals surface area contributed by atoms with Crippen LogP contribution in [0.4, 0.5) is 21.0 Å². The van der Waals surface area contributed by atoms with Gasteiger partial charge in [0.25, 0.3) is 5.91 Å². The molecule has 3 fully saturated rings. The summed E-state index contributed by atoms with van der Waals surface area (Å²) in [6.45, 7) is 12.6. The molecule has 7 amide bonds. The summed E-state index contributed by atoms with van der Waals surface area (Å²) in [5.41, 5.74) is 11.9. The van der Waals surface area contributed by atoms with Gasteiger partial charge in [-0.2, -0.15) is 20.2 Å². The maximum atomic E-state index is 14.2. The third-order valence-corrected chi connectivity index (χ3v) is 18.7. The van der Waals surface area contributed by atoms with Gasteiger partial charge in [0, 0.05) is 95.5 Å². The van der Waals surface area contributed by atoms with E-state index in [1.165, 1.54) is 0 Å². The van der Waals surface area contributed by atoms with Crippen LogP contribution >= 0.6 is 39.1 Å². The average molecular weight is 1430 g/mol. The Labute approximate surface area is 583 Å². The van der Waals surface area contributed by atoms with Gasteiger partial charge in [0.15, 0.2) is 11.6 Å². The van der Waals surface area contributed by atoms with Crippen LogP contribution in [0.15, 0.2) is 126 Å². The molecule has 23 nitrogen and oxygen atoms in total. The van der Waals surface area contributed by atoms with Gasteiger partial charge in [-0.3, -0.25) is 28.9 Å². The second-order valence-electron chi connectivity index (χ2n) is 26.4. The predicted molar refractivity (Wildman–Crippen MR) is 376 cm³/mol. The first-order valence-corrected chi connectivity index (χ1v) is 34.5. The molecule has 1 saturated heterocycles. The van der Waals surface area contributed by atoms with Gasteiger partial charge in [0.2, 0.25) is 34.2 Å². The number of anilines is 2. The number of rotatable bonds is 22. The van der Waals surface area contributed by atoms with Crippen molar-refractivity contribution >= 4 is 92.2 Å². The monoisotopic (exact) mass is 1430 g/mol. The quantitative estimate of drug-likeness (QED) is 0.0305. The SMILES string of the molecule is CC(C)(C)OC(=O)NCC1CCC(C(=O)N(c2ccc(-c3n[nH]c(Cl)n3)cc2)[C@@H](Cc2cccc(Br)c2)C(N)=O)CC1.CC(C)N1CCC(NC(=O)c2cccc(-c3cccc(C[C@H](NC(=O)C4CCC(CNC(=O)O)CC4)C(=O)Nc4ccc(-c5n[nH]c(Cl)n5)cc4)c3)c2)CC1. The Kier molecular flexibility index (Phi) is 25.4. The molecule has 7 aromatic rings. The van der Waals surface area contributed by atoms with Gasteiger partial charge in [-0.05, 0) is 229 Å². The number of benzene rings is 5. The zero-order chi connectivity index (χ0) is 69.3. The zero-order valence-electron chi connectivity index (χ0n) is 55.1. The van der Waals surface area contributed by atoms with Crippen molar-refractivity contribution in [2.45, 2.75) is 141 Å². The van der Waals surface area contributed by atoms with E-state index < -0.39 is 35.8 Å². The van der Waals surface area contributed by atoms with Crippen molar-refractivity contribution in [2.24, 2.45) is 29.4 Å². The highest BCUT2D eigenvalue weighted by atomic mass is 79.9. The van der Waals surface area contributed by atoms with E-state index in [2.05, 4.69) is 91.6 Å². The second kappa shape index (κ2) is 34.0. The number of likely N-dealkylation sites (tertiary alicyclic amines) is 1. The average Bonchev–Trinajstić information content (AvgIpc) is 1.24. The third kappa shape index (κ3) is 21.4. The molecule has 10 N–H and O–H groups in total. The number of hydrogen-bond acceptors (Lipinski definition) is 13. The number of halogens is 3. The van der Waals surface area contributed by atoms with Gasteiger partial charge in [0.05, 0.1) is 0 Å². The molecule has 2 aromatic heterocycles. The highest BCUT2D eigenvalue weighted by Gasteiger charge is 2.37. The molecule has 97 heavy (non-hydrogen) atoms. The highest BCUT2D eigenvalue weighted by Crippen LogP contribution is 2.35. The zero-order valence-corrected chi connectivity index (χ0v) is 58.2. The fourth-order valence-corrected chi connectivity index (χ4v) is 13.3. The molecule has 0 bridgehead atoms. The van der Waals surface area contributed by atoms with Crippen LogP contribution in [0.3, 0.4) is 0 Å². The molecule has 3 aliphatic rings. The number of carbonyl (C=O) groups is 7. The molecule has 10 rings (SSSR count). The van der Waals surface area contributed by atoms with E-state index >= 15 is 0 Å². The lowest BCUT2D eigenvalue weighted by Crippen LogP contribution is -2.52. The number of aromatic nitrogens is 6. The van der Waals surface area contributed by atoms with Crippen molar-refractivity contribution in [3.05, 3.63) is 153 Å². The summed E-state index contributed by atoms with van der Waals surface area (Å²) in [5, 5.41) is 37.2. The van der Waals surface area contributed by atoms with Crippen molar-refractivity contribution in [1.82, 2.24) is 56.5 Å². The summed E-state index contributed by atoms with van der Waals surface area (Å²) >= 11 is 15.3. The maximum Gasteiger partial charge on any atom is 0.407 e. The molecule has 514 valence electrons. The molecule has 3 heterocycles. The number of carbonyl (C=O) groups excluding carboxylic acids is 6. The molecular formula is C71H85BrCl2N14O9. The van der Waals surface area contributed by atoms with Crippen LogP contribution in [0.5, 0.6) is 0 Å². The Hall–Kier alpha value is -8.71. The minimum Gasteiger partial charge on any atom is -0.465 e. The number of piperidine rings is 1. The van der Waals surface area contributed by atoms with Gasteiger partial charge in [-0.15, -0.1) is 0 Å². The number of H-pyrrole nitrogens is 2. The van der Waals surface area contributed by atoms with Crippen LogP contribution in [0.1, 0.15) is 120 Å². The first-order valence-electron chi connectivity index (χ1n) is 32.9. The number of amides is 7. The van der Waals surface area contributed by atoms with Crippen LogP contribution in [0.2, 0.25) is 10.6 Å². The van der Waals surface area contributed by atoms with Gasteiger partial charge in [0.1, 0.15) is 17.7 Å². The maximum absolute atomic E-state index is 14.2. The second-order valence-corrected chi connectivity index (χ2v) is 28.0. The van der Waals surface area contributed by atoms with E-state index in [-0.39, 0.29) is 76.8 Å². The molecule has 0 spiro atoms. The normalized spacial score (nSPS) is 18.1. The lowest BCUT2D eigenvalue weighted by Gasteiger charge is -2.36. The van der Waals surface area contributed by atoms with Crippen molar-refractivity contribution in [3.8, 4) is 33.9 Å². The lowest BCUT2D eigenvalue weighted by atomic mass is 9.81. The number of nitrogens with one attached hydrogen (secondary N) is 7. The largest absolute Gasteiger partial charge is 0.465 e. The van der Waals surface area contributed by atoms with Crippen molar-refractivity contribution in [3.63, 3.8) is 0 Å². The Morgan fingerprint density at radius 1 is 0.680 bits per heavy atom. The van der Waals surface area contributed by atoms with Gasteiger partial charge >= 0.3 is 12.2 Å². The Balaban J connectivity index is 0.000000236. The number of aromatic amines is 2. The smallest absolute Gasteiger partial charge is 0.407 e. The molecular weight excluding hydrogens is 1340 g/mol. The van der Waals surface area contributed by atoms with E-state index in [0.717, 1.165) is 65.5 Å². The van der Waals surface area contributed by atoms with Crippen molar-refractivity contribution in [2.75, 3.05) is 36.4 Å². The summed E-state index contributed by atoms with van der Waals surface area (Å²) in [5.74, 6) is -0.740. The van der Waals surface area contributed by atoms with Crippen LogP contribution in [-0.2, 0) is 36.8 Å². The topological polar surface area (TPSA) is 325 Å². The van der Waals surface area contributed by atoms with Crippen LogP contribution in [-0.4, -0.2) is 138 Å². The van der Waals surface area contributed by atoms with Gasteiger partial charge < -0.3 is 47.1 Å². The number of ether oxygens (including phenoxy) is 1. The highest BCUT2D eigenvalue weighted by molar-refractivity contribution is 9.10. The number of alkyl carbamates (subject to hydrolysis) is 1. The Morgan fingerprint density at radius 3 is 1.77 bits per heavy atom. The molecule has 26 heteroatoms. The number of nitrogens with two attached hydrogens (primary N) is 1.